The molecule has 0 unspecified atom stereocenters. The molecule has 0 saturated carbocycles. The third-order valence-corrected chi connectivity index (χ3v) is 6.30. The van der Waals surface area contributed by atoms with E-state index >= 15 is 0 Å². The number of fused-ring (bicyclic) bond motifs is 1. The van der Waals surface area contributed by atoms with Crippen LogP contribution >= 0.6 is 0 Å². The molecule has 30 heavy (non-hydrogen) atoms. The van der Waals surface area contributed by atoms with Crippen LogP contribution in [0.25, 0.3) is 28.4 Å². The molecular formula is C22H15N5O2S. The first-order chi connectivity index (χ1) is 14.6. The Morgan fingerprint density at radius 1 is 0.733 bits per heavy atom. The summed E-state index contributed by atoms with van der Waals surface area (Å²) >= 11 is 0. The second kappa shape index (κ2) is 7.16. The van der Waals surface area contributed by atoms with Crippen LogP contribution < -0.4 is 0 Å². The van der Waals surface area contributed by atoms with Gasteiger partial charge in [-0.25, -0.2) is 13.4 Å². The smallest absolute Gasteiger partial charge is 0.225 e. The fourth-order valence-corrected chi connectivity index (χ4v) is 4.37. The number of hydrogen-bond donors (Lipinski definition) is 0. The third kappa shape index (κ3) is 3.03. The van der Waals surface area contributed by atoms with E-state index in [1.54, 1.807) is 30.5 Å². The first-order valence-corrected chi connectivity index (χ1v) is 10.7. The molecule has 0 N–H and O–H groups in total. The number of pyridine rings is 1. The standard InChI is InChI=1S/C22H15N5O2S/c28-30(29,16-8-2-1-3-9-16)21-14-13-20(25-26-21)27-19-12-5-4-10-17(19)24-22(27)18-11-6-7-15-23-18/h1-15H. The van der Waals surface area contributed by atoms with Crippen LogP contribution in [0.1, 0.15) is 0 Å². The highest BCUT2D eigenvalue weighted by molar-refractivity contribution is 7.91. The number of sulfone groups is 1. The lowest BCUT2D eigenvalue weighted by molar-refractivity contribution is 0.590. The van der Waals surface area contributed by atoms with Crippen molar-refractivity contribution in [3.05, 3.63) is 91.1 Å². The van der Waals surface area contributed by atoms with Gasteiger partial charge in [0.25, 0.3) is 0 Å². The van der Waals surface area contributed by atoms with Crippen molar-refractivity contribution in [2.45, 2.75) is 9.92 Å². The summed E-state index contributed by atoms with van der Waals surface area (Å²) < 4.78 is 27.4. The van der Waals surface area contributed by atoms with Crippen molar-refractivity contribution in [3.63, 3.8) is 0 Å². The van der Waals surface area contributed by atoms with Crippen LogP contribution in [0.2, 0.25) is 0 Å². The van der Waals surface area contributed by atoms with Crippen LogP contribution in [-0.2, 0) is 9.84 Å². The Labute approximate surface area is 172 Å². The van der Waals surface area contributed by atoms with Crippen LogP contribution in [0.3, 0.4) is 0 Å². The maximum Gasteiger partial charge on any atom is 0.225 e. The van der Waals surface area contributed by atoms with Gasteiger partial charge in [0.15, 0.2) is 16.7 Å². The quantitative estimate of drug-likeness (QED) is 0.446. The molecule has 2 aromatic carbocycles. The zero-order valence-electron chi connectivity index (χ0n) is 15.6. The fourth-order valence-electron chi connectivity index (χ4n) is 3.22. The highest BCUT2D eigenvalue weighted by Gasteiger charge is 2.21. The Kier molecular flexibility index (Phi) is 4.33. The molecule has 0 aliphatic rings. The fraction of sp³-hybridized carbons (Fsp3) is 0. The molecule has 146 valence electrons. The van der Waals surface area contributed by atoms with E-state index in [0.717, 1.165) is 11.0 Å². The summed E-state index contributed by atoms with van der Waals surface area (Å²) in [4.78, 5) is 9.27. The zero-order chi connectivity index (χ0) is 20.6. The first-order valence-electron chi connectivity index (χ1n) is 9.18. The van der Waals surface area contributed by atoms with Crippen molar-refractivity contribution in [2.24, 2.45) is 0 Å². The van der Waals surface area contributed by atoms with Gasteiger partial charge in [-0.1, -0.05) is 36.4 Å². The Morgan fingerprint density at radius 3 is 2.23 bits per heavy atom. The molecule has 0 saturated heterocycles. The second-order valence-corrected chi connectivity index (χ2v) is 8.42. The van der Waals surface area contributed by atoms with Crippen molar-refractivity contribution in [1.82, 2.24) is 24.7 Å². The summed E-state index contributed by atoms with van der Waals surface area (Å²) in [6.45, 7) is 0. The number of nitrogens with zero attached hydrogens (tertiary/aromatic N) is 5. The van der Waals surface area contributed by atoms with E-state index in [9.17, 15) is 8.42 Å². The molecule has 0 fully saturated rings. The summed E-state index contributed by atoms with van der Waals surface area (Å²) in [5.41, 5.74) is 2.28. The summed E-state index contributed by atoms with van der Waals surface area (Å²) in [5, 5.41) is 8.12. The van der Waals surface area contributed by atoms with Gasteiger partial charge >= 0.3 is 0 Å². The van der Waals surface area contributed by atoms with E-state index in [2.05, 4.69) is 15.2 Å². The highest BCUT2D eigenvalue weighted by atomic mass is 32.2. The average molecular weight is 413 g/mol. The number of aromatic nitrogens is 5. The monoisotopic (exact) mass is 413 g/mol. The molecule has 8 heteroatoms. The molecular weight excluding hydrogens is 398 g/mol. The van der Waals surface area contributed by atoms with Gasteiger partial charge in [0.05, 0.1) is 15.9 Å². The summed E-state index contributed by atoms with van der Waals surface area (Å²) in [7, 11) is -3.74. The number of benzene rings is 2. The van der Waals surface area contributed by atoms with Gasteiger partial charge in [0.1, 0.15) is 5.69 Å². The minimum absolute atomic E-state index is 0.110. The number of imidazole rings is 1. The van der Waals surface area contributed by atoms with Crippen molar-refractivity contribution in [1.29, 1.82) is 0 Å². The van der Waals surface area contributed by atoms with E-state index < -0.39 is 9.84 Å². The molecule has 5 rings (SSSR count). The lowest BCUT2D eigenvalue weighted by Gasteiger charge is -2.08. The van der Waals surface area contributed by atoms with Crippen molar-refractivity contribution < 1.29 is 8.42 Å². The third-order valence-electron chi connectivity index (χ3n) is 4.64. The SMILES string of the molecule is O=S(=O)(c1ccccc1)c1ccc(-n2c(-c3ccccn3)nc3ccccc32)nn1. The van der Waals surface area contributed by atoms with Crippen LogP contribution in [0, 0.1) is 0 Å². The minimum Gasteiger partial charge on any atom is -0.273 e. The van der Waals surface area contributed by atoms with Crippen LogP contribution in [0.5, 0.6) is 0 Å². The van der Waals surface area contributed by atoms with Gasteiger partial charge in [-0.2, -0.15) is 0 Å². The van der Waals surface area contributed by atoms with Crippen LogP contribution in [0.15, 0.2) is 101 Å². The predicted octanol–water partition coefficient (Wildman–Crippen LogP) is 3.71. The molecule has 0 aliphatic carbocycles. The molecule has 7 nitrogen and oxygen atoms in total. The summed E-state index contributed by atoms with van der Waals surface area (Å²) in [6, 6.07) is 24.5. The lowest BCUT2D eigenvalue weighted by atomic mass is 10.3. The maximum absolute atomic E-state index is 12.8. The van der Waals surface area contributed by atoms with Crippen molar-refractivity contribution in [3.8, 4) is 17.3 Å². The average Bonchev–Trinajstić information content (AvgIpc) is 3.20. The van der Waals surface area contributed by atoms with Crippen molar-refractivity contribution >= 4 is 20.9 Å². The van der Waals surface area contributed by atoms with Gasteiger partial charge in [-0.3, -0.25) is 9.55 Å². The molecule has 5 aromatic rings. The van der Waals surface area contributed by atoms with Gasteiger partial charge in [-0.05, 0) is 48.5 Å². The molecule has 0 radical (unpaired) electrons. The number of para-hydroxylation sites is 2. The first kappa shape index (κ1) is 18.1. The van der Waals surface area contributed by atoms with Gasteiger partial charge in [-0.15, -0.1) is 10.2 Å². The molecule has 3 heterocycles. The maximum atomic E-state index is 12.8. The molecule has 0 bridgehead atoms. The largest absolute Gasteiger partial charge is 0.273 e. The number of hydrogen-bond acceptors (Lipinski definition) is 6. The Bertz CT molecular complexity index is 1430. The molecule has 0 amide bonds. The molecule has 0 aliphatic heterocycles. The second-order valence-electron chi connectivity index (χ2n) is 6.52. The molecule has 3 aromatic heterocycles. The highest BCUT2D eigenvalue weighted by Crippen LogP contribution is 2.27. The van der Waals surface area contributed by atoms with E-state index in [1.807, 2.05) is 47.0 Å². The Morgan fingerprint density at radius 2 is 1.50 bits per heavy atom. The summed E-state index contributed by atoms with van der Waals surface area (Å²) in [5.74, 6) is 1.06. The van der Waals surface area contributed by atoms with Gasteiger partial charge in [0.2, 0.25) is 9.84 Å². The van der Waals surface area contributed by atoms with E-state index in [1.165, 1.54) is 18.2 Å². The lowest BCUT2D eigenvalue weighted by Crippen LogP contribution is -2.08. The number of rotatable bonds is 4. The predicted molar refractivity (Wildman–Crippen MR) is 112 cm³/mol. The summed E-state index contributed by atoms with van der Waals surface area (Å²) in [6.07, 6.45) is 1.69. The zero-order valence-corrected chi connectivity index (χ0v) is 16.4. The minimum atomic E-state index is -3.74. The van der Waals surface area contributed by atoms with Crippen LogP contribution in [0.4, 0.5) is 0 Å². The van der Waals surface area contributed by atoms with E-state index in [0.29, 0.717) is 17.3 Å². The van der Waals surface area contributed by atoms with Gasteiger partial charge < -0.3 is 0 Å². The van der Waals surface area contributed by atoms with E-state index in [4.69, 9.17) is 4.98 Å². The van der Waals surface area contributed by atoms with E-state index in [-0.39, 0.29) is 9.92 Å². The topological polar surface area (TPSA) is 90.6 Å². The Hall–Kier alpha value is -3.91. The Balaban J connectivity index is 1.65. The van der Waals surface area contributed by atoms with Crippen LogP contribution in [-0.4, -0.2) is 33.2 Å². The van der Waals surface area contributed by atoms with Gasteiger partial charge in [0, 0.05) is 6.20 Å². The normalized spacial score (nSPS) is 11.6. The molecule has 0 spiro atoms. The van der Waals surface area contributed by atoms with Crippen molar-refractivity contribution in [2.75, 3.05) is 0 Å². The molecule has 0 atom stereocenters.